The molecule has 36 heavy (non-hydrogen) atoms. The molecule has 0 saturated carbocycles. The van der Waals surface area contributed by atoms with Crippen LogP contribution in [0.25, 0.3) is 0 Å². The van der Waals surface area contributed by atoms with Gasteiger partial charge in [-0.2, -0.15) is 5.26 Å². The van der Waals surface area contributed by atoms with Crippen LogP contribution < -0.4 is 11.1 Å². The van der Waals surface area contributed by atoms with Gasteiger partial charge in [0.15, 0.2) is 11.3 Å². The van der Waals surface area contributed by atoms with Crippen LogP contribution in [0.2, 0.25) is 0 Å². The minimum absolute atomic E-state index is 0.00846. The number of hydrogen-bond donors (Lipinski definition) is 2. The van der Waals surface area contributed by atoms with Gasteiger partial charge in [-0.15, -0.1) is 0 Å². The molecule has 0 radical (unpaired) electrons. The van der Waals surface area contributed by atoms with Crippen molar-refractivity contribution >= 4 is 34.8 Å². The number of benzene rings is 1. The van der Waals surface area contributed by atoms with Crippen LogP contribution in [0, 0.1) is 17.1 Å². The second-order valence-corrected chi connectivity index (χ2v) is 9.02. The molecule has 4 rings (SSSR count). The Kier molecular flexibility index (Phi) is 6.89. The van der Waals surface area contributed by atoms with Crippen LogP contribution >= 0.6 is 11.8 Å². The van der Waals surface area contributed by atoms with Crippen molar-refractivity contribution in [2.24, 2.45) is 10.7 Å². The van der Waals surface area contributed by atoms with E-state index < -0.39 is 41.9 Å². The third-order valence-corrected chi connectivity index (χ3v) is 6.86. The number of aliphatic imine (C=N–C) groups is 1. The summed E-state index contributed by atoms with van der Waals surface area (Å²) in [6.07, 6.45) is -0.726. The minimum atomic E-state index is -1.14. The largest absolute Gasteiger partial charge is 0.463 e. The molecule has 1 fully saturated rings. The molecule has 3 aliphatic heterocycles. The zero-order chi connectivity index (χ0) is 26.1. The molecule has 3 heterocycles. The lowest BCUT2D eigenvalue weighted by molar-refractivity contribution is -0.139. The number of fused-ring (bicyclic) bond motifs is 1. The van der Waals surface area contributed by atoms with Crippen LogP contribution in [0.1, 0.15) is 18.4 Å². The highest BCUT2D eigenvalue weighted by atomic mass is 32.2. The number of amides is 3. The first-order chi connectivity index (χ1) is 17.2. The van der Waals surface area contributed by atoms with E-state index in [1.54, 1.807) is 20.0 Å². The van der Waals surface area contributed by atoms with Gasteiger partial charge >= 0.3 is 12.0 Å². The van der Waals surface area contributed by atoms with Crippen LogP contribution in [-0.2, 0) is 19.1 Å². The summed E-state index contributed by atoms with van der Waals surface area (Å²) in [5, 5.41) is 13.1. The number of thioether (sulfide) groups is 1. The molecule has 0 unspecified atom stereocenters. The number of allylic oxidation sites excluding steroid dienone is 1. The summed E-state index contributed by atoms with van der Waals surface area (Å²) in [6, 6.07) is 6.45. The lowest BCUT2D eigenvalue weighted by Gasteiger charge is -2.36. The first-order valence-electron chi connectivity index (χ1n) is 10.9. The molecular weight excluding hydrogens is 491 g/mol. The number of halogens is 1. The van der Waals surface area contributed by atoms with Gasteiger partial charge in [0.2, 0.25) is 5.88 Å². The van der Waals surface area contributed by atoms with Crippen molar-refractivity contribution < 1.29 is 28.2 Å². The fraction of sp³-hybridized carbons (Fsp3) is 0.348. The number of nitrogens with two attached hydrogens (primary N) is 1. The Labute approximate surface area is 210 Å². The Morgan fingerprint density at radius 1 is 1.36 bits per heavy atom. The predicted octanol–water partition coefficient (Wildman–Crippen LogP) is 1.36. The molecule has 3 N–H and O–H groups in total. The molecule has 0 aliphatic carbocycles. The molecule has 1 aromatic rings. The van der Waals surface area contributed by atoms with Gasteiger partial charge in [0.25, 0.3) is 5.91 Å². The lowest BCUT2D eigenvalue weighted by Crippen LogP contribution is -2.63. The van der Waals surface area contributed by atoms with Crippen LogP contribution in [0.15, 0.2) is 52.0 Å². The standard InChI is InChI=1S/C23H23FN6O5S/c1-4-34-21(32)16-14(35-18(26)12(9-25)15(16)11-7-5-6-8-13(11)24)10-36-22-27-17-19(28-22)29(2)23(33)30(3)20(17)31/h5-8,15,17,19H,4,10,26H2,1-3H3,(H,27,28)/t15-,17-,19-/m0/s1. The molecule has 3 atom stereocenters. The molecule has 1 saturated heterocycles. The van der Waals surface area contributed by atoms with E-state index in [1.807, 2.05) is 6.07 Å². The molecule has 13 heteroatoms. The topological polar surface area (TPSA) is 150 Å². The van der Waals surface area contributed by atoms with Gasteiger partial charge in [-0.25, -0.2) is 19.0 Å². The molecular formula is C23H23FN6O5S. The molecule has 3 aliphatic rings. The summed E-state index contributed by atoms with van der Waals surface area (Å²) >= 11 is 1.10. The van der Waals surface area contributed by atoms with Crippen LogP contribution in [0.4, 0.5) is 9.18 Å². The molecule has 0 bridgehead atoms. The van der Waals surface area contributed by atoms with Gasteiger partial charge in [-0.1, -0.05) is 30.0 Å². The van der Waals surface area contributed by atoms with E-state index in [4.69, 9.17) is 15.2 Å². The van der Waals surface area contributed by atoms with Crippen molar-refractivity contribution in [3.63, 3.8) is 0 Å². The van der Waals surface area contributed by atoms with E-state index in [-0.39, 0.29) is 40.7 Å². The van der Waals surface area contributed by atoms with E-state index in [0.29, 0.717) is 5.17 Å². The first-order valence-corrected chi connectivity index (χ1v) is 11.9. The van der Waals surface area contributed by atoms with Crippen molar-refractivity contribution in [3.8, 4) is 6.07 Å². The number of carbonyl (C=O) groups excluding carboxylic acids is 3. The molecule has 11 nitrogen and oxygen atoms in total. The van der Waals surface area contributed by atoms with E-state index in [0.717, 1.165) is 16.7 Å². The number of imide groups is 1. The van der Waals surface area contributed by atoms with Gasteiger partial charge in [0.1, 0.15) is 29.3 Å². The SMILES string of the molecule is CCOC(=O)C1=C(CSC2=N[C@@H]3[C@H](N2)C(=O)N(C)C(=O)N3C)OC(N)=C(C#N)[C@@H]1c1ccccc1F. The number of hydrogen-bond acceptors (Lipinski definition) is 10. The van der Waals surface area contributed by atoms with Crippen molar-refractivity contribution in [1.29, 1.82) is 5.26 Å². The number of nitrogens with one attached hydrogen (secondary N) is 1. The Morgan fingerprint density at radius 2 is 2.08 bits per heavy atom. The Hall–Kier alpha value is -4.05. The Bertz CT molecular complexity index is 1270. The summed E-state index contributed by atoms with van der Waals surface area (Å²) in [6.45, 7) is 1.66. The van der Waals surface area contributed by atoms with Gasteiger partial charge in [0, 0.05) is 19.7 Å². The monoisotopic (exact) mass is 514 g/mol. The number of esters is 1. The van der Waals surface area contributed by atoms with Crippen molar-refractivity contribution in [2.45, 2.75) is 25.0 Å². The summed E-state index contributed by atoms with van der Waals surface area (Å²) < 4.78 is 25.7. The second-order valence-electron chi connectivity index (χ2n) is 8.05. The molecule has 0 spiro atoms. The third-order valence-electron chi connectivity index (χ3n) is 5.96. The number of ether oxygens (including phenoxy) is 2. The van der Waals surface area contributed by atoms with E-state index in [9.17, 15) is 24.0 Å². The Balaban J connectivity index is 1.68. The maximum Gasteiger partial charge on any atom is 0.338 e. The summed E-state index contributed by atoms with van der Waals surface area (Å²) in [4.78, 5) is 44.6. The van der Waals surface area contributed by atoms with Gasteiger partial charge in [0.05, 0.1) is 23.9 Å². The molecule has 188 valence electrons. The zero-order valence-corrected chi connectivity index (χ0v) is 20.5. The second kappa shape index (κ2) is 9.90. The number of likely N-dealkylation sites (N-methyl/N-ethyl adjacent to an activating group) is 2. The number of carbonyl (C=O) groups is 3. The third kappa shape index (κ3) is 4.24. The smallest absolute Gasteiger partial charge is 0.338 e. The number of urea groups is 1. The maximum absolute atomic E-state index is 14.8. The fourth-order valence-corrected chi connectivity index (χ4v) is 5.06. The van der Waals surface area contributed by atoms with Gasteiger partial charge in [-0.05, 0) is 13.0 Å². The van der Waals surface area contributed by atoms with E-state index in [1.165, 1.54) is 30.1 Å². The van der Waals surface area contributed by atoms with Crippen molar-refractivity contribution in [2.75, 3.05) is 26.5 Å². The number of rotatable bonds is 5. The van der Waals surface area contributed by atoms with E-state index >= 15 is 0 Å². The summed E-state index contributed by atoms with van der Waals surface area (Å²) in [5.74, 6) is -3.17. The minimum Gasteiger partial charge on any atom is -0.463 e. The molecule has 0 aromatic heterocycles. The average molecular weight is 515 g/mol. The normalized spacial score (nSPS) is 23.6. The van der Waals surface area contributed by atoms with Crippen LogP contribution in [0.3, 0.4) is 0 Å². The highest BCUT2D eigenvalue weighted by Crippen LogP contribution is 2.41. The highest BCUT2D eigenvalue weighted by molar-refractivity contribution is 8.14. The number of nitrogens with zero attached hydrogens (tertiary/aromatic N) is 4. The fourth-order valence-electron chi connectivity index (χ4n) is 4.18. The van der Waals surface area contributed by atoms with Crippen molar-refractivity contribution in [3.05, 3.63) is 58.4 Å². The number of nitriles is 1. The average Bonchev–Trinajstić information content (AvgIpc) is 3.29. The zero-order valence-electron chi connectivity index (χ0n) is 19.6. The maximum atomic E-state index is 14.8. The quantitative estimate of drug-likeness (QED) is 0.555. The van der Waals surface area contributed by atoms with Gasteiger partial charge in [-0.3, -0.25) is 9.69 Å². The summed E-state index contributed by atoms with van der Waals surface area (Å²) in [7, 11) is 2.93. The van der Waals surface area contributed by atoms with Gasteiger partial charge < -0.3 is 25.4 Å². The highest BCUT2D eigenvalue weighted by Gasteiger charge is 2.47. The van der Waals surface area contributed by atoms with Crippen molar-refractivity contribution in [1.82, 2.24) is 15.1 Å². The molecule has 3 amide bonds. The van der Waals surface area contributed by atoms with Crippen LogP contribution in [0.5, 0.6) is 0 Å². The Morgan fingerprint density at radius 3 is 2.75 bits per heavy atom. The predicted molar refractivity (Wildman–Crippen MR) is 127 cm³/mol. The number of amidine groups is 1. The van der Waals surface area contributed by atoms with Crippen LogP contribution in [-0.4, -0.2) is 71.5 Å². The van der Waals surface area contributed by atoms with E-state index in [2.05, 4.69) is 10.3 Å². The lowest BCUT2D eigenvalue weighted by atomic mass is 9.83. The molecule has 1 aromatic carbocycles. The first kappa shape index (κ1) is 25.1. The summed E-state index contributed by atoms with van der Waals surface area (Å²) in [5.41, 5.74) is 5.91.